The first-order chi connectivity index (χ1) is 23.2. The Balaban J connectivity index is 1.63. The summed E-state index contributed by atoms with van der Waals surface area (Å²) in [5, 5.41) is 30.5. The first-order valence-electron chi connectivity index (χ1n) is 15.9. The summed E-state index contributed by atoms with van der Waals surface area (Å²) in [5.74, 6) is 1.18. The van der Waals surface area contributed by atoms with Crippen molar-refractivity contribution in [3.05, 3.63) is 119 Å². The number of aliphatic hydroxyl groups is 2. The smallest absolute Gasteiger partial charge is 0.235 e. The van der Waals surface area contributed by atoms with Crippen LogP contribution in [0.2, 0.25) is 0 Å². The molecule has 0 radical (unpaired) electrons. The zero-order valence-corrected chi connectivity index (χ0v) is 29.2. The van der Waals surface area contributed by atoms with E-state index in [4.69, 9.17) is 18.9 Å². The zero-order valence-electron chi connectivity index (χ0n) is 29.2. The van der Waals surface area contributed by atoms with Crippen LogP contribution in [0.25, 0.3) is 0 Å². The van der Waals surface area contributed by atoms with Gasteiger partial charge in [-0.05, 0) is 98.5 Å². The minimum Gasteiger partial charge on any atom is -0.497 e. The van der Waals surface area contributed by atoms with E-state index in [9.17, 15) is 19.8 Å². The Labute approximate surface area is 288 Å². The lowest BCUT2D eigenvalue weighted by atomic mass is 9.79. The van der Waals surface area contributed by atoms with E-state index in [-0.39, 0.29) is 0 Å². The lowest BCUT2D eigenvalue weighted by molar-refractivity contribution is -0.144. The molecule has 4 rings (SSSR count). The maximum absolute atomic E-state index is 13.9. The monoisotopic (exact) mass is 670 g/mol. The number of benzene rings is 4. The summed E-state index contributed by atoms with van der Waals surface area (Å²) in [4.78, 5) is 27.9. The normalized spacial score (nSPS) is 13.1. The quantitative estimate of drug-likeness (QED) is 0.139. The fourth-order valence-corrected chi connectivity index (χ4v) is 5.78. The Bertz CT molecular complexity index is 1480. The molecule has 0 bridgehead atoms. The van der Waals surface area contributed by atoms with Crippen molar-refractivity contribution < 1.29 is 38.7 Å². The summed E-state index contributed by atoms with van der Waals surface area (Å²) in [7, 11) is 6.21. The number of methoxy groups -OCH3 is 4. The van der Waals surface area contributed by atoms with Gasteiger partial charge in [0.2, 0.25) is 11.8 Å². The maximum atomic E-state index is 13.9. The van der Waals surface area contributed by atoms with Crippen molar-refractivity contribution in [2.24, 2.45) is 5.41 Å². The highest BCUT2D eigenvalue weighted by Gasteiger charge is 2.45. The largest absolute Gasteiger partial charge is 0.497 e. The zero-order chi connectivity index (χ0) is 36.0. The first kappa shape index (κ1) is 36.8. The summed E-state index contributed by atoms with van der Waals surface area (Å²) in [6.45, 7) is 6.34. The van der Waals surface area contributed by atoms with Gasteiger partial charge in [-0.15, -0.1) is 0 Å². The average molecular weight is 671 g/mol. The van der Waals surface area contributed by atoms with Gasteiger partial charge in [-0.2, -0.15) is 0 Å². The van der Waals surface area contributed by atoms with Crippen LogP contribution in [-0.2, 0) is 20.8 Å². The number of ether oxygens (including phenoxy) is 4. The first-order valence-corrected chi connectivity index (χ1v) is 15.9. The van der Waals surface area contributed by atoms with Gasteiger partial charge in [-0.3, -0.25) is 9.59 Å². The molecule has 0 spiro atoms. The van der Waals surface area contributed by atoms with Gasteiger partial charge in [-0.1, -0.05) is 48.5 Å². The minimum atomic E-state index is -1.70. The molecule has 0 saturated carbocycles. The molecule has 0 aromatic heterocycles. The van der Waals surface area contributed by atoms with E-state index in [2.05, 4.69) is 10.6 Å². The third-order valence-corrected chi connectivity index (χ3v) is 9.20. The molecule has 0 aliphatic carbocycles. The lowest BCUT2D eigenvalue weighted by Gasteiger charge is -2.39. The molecule has 2 amide bonds. The van der Waals surface area contributed by atoms with E-state index in [1.54, 1.807) is 139 Å². The number of carbonyl (C=O) groups is 2. The van der Waals surface area contributed by atoms with Crippen LogP contribution in [0, 0.1) is 5.41 Å². The van der Waals surface area contributed by atoms with Gasteiger partial charge < -0.3 is 39.8 Å². The number of hydrogen-bond donors (Lipinski definition) is 4. The molecule has 2 atom stereocenters. The molecule has 10 heteroatoms. The highest BCUT2D eigenvalue weighted by molar-refractivity contribution is 6.04. The molecule has 4 aromatic carbocycles. The van der Waals surface area contributed by atoms with Crippen molar-refractivity contribution in [1.29, 1.82) is 0 Å². The summed E-state index contributed by atoms with van der Waals surface area (Å²) < 4.78 is 21.2. The summed E-state index contributed by atoms with van der Waals surface area (Å²) >= 11 is 0. The second kappa shape index (κ2) is 15.0. The molecule has 0 aliphatic heterocycles. The molecule has 4 aromatic rings. The van der Waals surface area contributed by atoms with Crippen molar-refractivity contribution >= 4 is 11.8 Å². The second-order valence-corrected chi connectivity index (χ2v) is 12.5. The van der Waals surface area contributed by atoms with E-state index in [1.807, 2.05) is 0 Å². The van der Waals surface area contributed by atoms with Crippen LogP contribution in [0.4, 0.5) is 0 Å². The highest BCUT2D eigenvalue weighted by Crippen LogP contribution is 2.37. The van der Waals surface area contributed by atoms with Crippen molar-refractivity contribution in [2.75, 3.05) is 28.4 Å². The van der Waals surface area contributed by atoms with Crippen LogP contribution in [-0.4, -0.2) is 62.6 Å². The third kappa shape index (κ3) is 7.35. The number of carbonyl (C=O) groups excluding carboxylic acids is 2. The Hall–Kier alpha value is -5.06. The topological polar surface area (TPSA) is 136 Å². The molecule has 0 unspecified atom stereocenters. The molecule has 0 aliphatic rings. The van der Waals surface area contributed by atoms with E-state index < -0.39 is 40.5 Å². The molecule has 0 heterocycles. The fourth-order valence-electron chi connectivity index (χ4n) is 5.78. The Kier molecular flexibility index (Phi) is 11.3. The molecule has 10 nitrogen and oxygen atoms in total. The van der Waals surface area contributed by atoms with Crippen molar-refractivity contribution in [2.45, 2.75) is 51.0 Å². The second-order valence-electron chi connectivity index (χ2n) is 12.5. The average Bonchev–Trinajstić information content (AvgIpc) is 3.14. The highest BCUT2D eigenvalue weighted by atomic mass is 16.5. The van der Waals surface area contributed by atoms with E-state index in [0.29, 0.717) is 45.3 Å². The third-order valence-electron chi connectivity index (χ3n) is 9.20. The Morgan fingerprint density at radius 3 is 0.878 bits per heavy atom. The summed E-state index contributed by atoms with van der Waals surface area (Å²) in [5.41, 5.74) is -2.99. The van der Waals surface area contributed by atoms with Gasteiger partial charge in [0, 0.05) is 0 Å². The maximum Gasteiger partial charge on any atom is 0.235 e. The lowest BCUT2D eigenvalue weighted by Crippen LogP contribution is -2.58. The van der Waals surface area contributed by atoms with Crippen LogP contribution in [0.15, 0.2) is 97.1 Å². The molecule has 0 fully saturated rings. The Morgan fingerprint density at radius 1 is 0.490 bits per heavy atom. The van der Waals surface area contributed by atoms with E-state index in [1.165, 1.54) is 13.8 Å². The van der Waals surface area contributed by atoms with E-state index >= 15 is 0 Å². The predicted octanol–water partition coefficient (Wildman–Crippen LogP) is 4.93. The van der Waals surface area contributed by atoms with Gasteiger partial charge in [0.1, 0.15) is 39.6 Å². The summed E-state index contributed by atoms with van der Waals surface area (Å²) in [6, 6.07) is 25.8. The van der Waals surface area contributed by atoms with Crippen LogP contribution < -0.4 is 29.6 Å². The number of amides is 2. The minimum absolute atomic E-state index is 0.506. The number of rotatable bonds is 14. The SMILES string of the molecule is COc1ccc(C(O)(c2ccc(OC)cc2)[C@@H](C)NC(=O)C(C)(C)C(=O)N[C@H](C)C(O)(c2ccc(OC)cc2)c2ccc(OC)cc2)cc1. The van der Waals surface area contributed by atoms with E-state index in [0.717, 1.165) is 0 Å². The number of nitrogens with one attached hydrogen (secondary N) is 2. The fraction of sp³-hybridized carbons (Fsp3) is 0.333. The molecule has 260 valence electrons. The predicted molar refractivity (Wildman–Crippen MR) is 187 cm³/mol. The standard InChI is InChI=1S/C39H46N2O8/c1-25(38(44,27-9-17-31(46-5)18-10-27)28-11-19-32(47-6)20-12-28)40-35(42)37(3,4)36(43)41-26(2)39(45,29-13-21-33(48-7)22-14-29)30-15-23-34(49-8)24-16-30/h9-26,44-45H,1-8H3,(H,40,42)(H,41,43)/t25-,26-/m1/s1. The van der Waals surface area contributed by atoms with Crippen LogP contribution in [0.1, 0.15) is 49.9 Å². The molecule has 4 N–H and O–H groups in total. The van der Waals surface area contributed by atoms with Gasteiger partial charge in [0.25, 0.3) is 0 Å². The van der Waals surface area contributed by atoms with Gasteiger partial charge in [0.05, 0.1) is 40.5 Å². The van der Waals surface area contributed by atoms with Crippen LogP contribution in [0.3, 0.4) is 0 Å². The molecule has 0 saturated heterocycles. The summed E-state index contributed by atoms with van der Waals surface area (Å²) in [6.07, 6.45) is 0. The Morgan fingerprint density at radius 2 is 0.694 bits per heavy atom. The van der Waals surface area contributed by atoms with Crippen LogP contribution in [0.5, 0.6) is 23.0 Å². The van der Waals surface area contributed by atoms with Crippen molar-refractivity contribution in [3.63, 3.8) is 0 Å². The molecular formula is C39H46N2O8. The molecular weight excluding hydrogens is 624 g/mol. The van der Waals surface area contributed by atoms with Crippen LogP contribution >= 0.6 is 0 Å². The van der Waals surface area contributed by atoms with Gasteiger partial charge in [-0.25, -0.2) is 0 Å². The molecule has 49 heavy (non-hydrogen) atoms. The number of hydrogen-bond acceptors (Lipinski definition) is 8. The van der Waals surface area contributed by atoms with Crippen molar-refractivity contribution in [1.82, 2.24) is 10.6 Å². The van der Waals surface area contributed by atoms with Crippen molar-refractivity contribution in [3.8, 4) is 23.0 Å². The van der Waals surface area contributed by atoms with Gasteiger partial charge in [0.15, 0.2) is 0 Å². The van der Waals surface area contributed by atoms with Gasteiger partial charge >= 0.3 is 0 Å².